The molecular weight excluding hydrogens is 240 g/mol. The molecule has 4 heteroatoms. The zero-order valence-corrected chi connectivity index (χ0v) is 11.4. The fourth-order valence-corrected chi connectivity index (χ4v) is 2.67. The van der Waals surface area contributed by atoms with E-state index in [0.29, 0.717) is 12.5 Å². The van der Waals surface area contributed by atoms with Crippen molar-refractivity contribution >= 4 is 5.71 Å². The van der Waals surface area contributed by atoms with Crippen molar-refractivity contribution in [3.05, 3.63) is 35.9 Å². The lowest BCUT2D eigenvalue weighted by atomic mass is 9.93. The maximum atomic E-state index is 10.2. The second kappa shape index (κ2) is 6.68. The fraction of sp³-hybridized carbons (Fsp3) is 0.533. The van der Waals surface area contributed by atoms with E-state index in [2.05, 4.69) is 17.0 Å². The van der Waals surface area contributed by atoms with Crippen LogP contribution >= 0.6 is 0 Å². The van der Waals surface area contributed by atoms with Crippen LogP contribution in [0.1, 0.15) is 31.4 Å². The number of β-amino-alcohol motifs (C(OH)–C–C–N with tert-alkyl or cyclic N) is 1. The molecule has 2 rings (SSSR count). The number of likely N-dealkylation sites (tertiary alicyclic amines) is 1. The number of aliphatic hydroxyl groups excluding tert-OH is 1. The molecule has 1 aromatic rings. The number of piperidine rings is 1. The van der Waals surface area contributed by atoms with Crippen molar-refractivity contribution in [2.75, 3.05) is 19.6 Å². The Bertz CT molecular complexity index is 419. The smallest absolute Gasteiger partial charge is 0.0916 e. The van der Waals surface area contributed by atoms with Crippen molar-refractivity contribution in [3.8, 4) is 0 Å². The number of rotatable bonds is 4. The normalized spacial score (nSPS) is 24.5. The molecule has 1 saturated heterocycles. The summed E-state index contributed by atoms with van der Waals surface area (Å²) in [4.78, 5) is 2.25. The Balaban J connectivity index is 1.94. The fourth-order valence-electron chi connectivity index (χ4n) is 2.67. The Morgan fingerprint density at radius 2 is 2.11 bits per heavy atom. The average molecular weight is 262 g/mol. The summed E-state index contributed by atoms with van der Waals surface area (Å²) in [5, 5.41) is 22.6. The minimum Gasteiger partial charge on any atom is -0.411 e. The van der Waals surface area contributed by atoms with Crippen LogP contribution in [0.15, 0.2) is 35.5 Å². The van der Waals surface area contributed by atoms with Gasteiger partial charge in [-0.25, -0.2) is 0 Å². The molecule has 1 heterocycles. The van der Waals surface area contributed by atoms with Crippen LogP contribution in [0.4, 0.5) is 0 Å². The molecule has 0 aliphatic carbocycles. The third kappa shape index (κ3) is 3.55. The van der Waals surface area contributed by atoms with Gasteiger partial charge in [-0.2, -0.15) is 0 Å². The molecule has 0 aromatic heterocycles. The lowest BCUT2D eigenvalue weighted by molar-refractivity contribution is 0.103. The molecule has 1 aliphatic heterocycles. The largest absolute Gasteiger partial charge is 0.411 e. The van der Waals surface area contributed by atoms with Crippen molar-refractivity contribution in [1.29, 1.82) is 0 Å². The maximum absolute atomic E-state index is 10.2. The van der Waals surface area contributed by atoms with Gasteiger partial charge in [0.15, 0.2) is 0 Å². The van der Waals surface area contributed by atoms with Crippen molar-refractivity contribution in [2.24, 2.45) is 11.1 Å². The highest BCUT2D eigenvalue weighted by Gasteiger charge is 2.26. The zero-order chi connectivity index (χ0) is 13.7. The summed E-state index contributed by atoms with van der Waals surface area (Å²) < 4.78 is 0. The van der Waals surface area contributed by atoms with Crippen LogP contribution in [-0.4, -0.2) is 40.6 Å². The standard InChI is InChI=1S/C15H22N2O2/c1-2-12-10-17(9-8-14(12)16-19)11-15(18)13-6-4-3-5-7-13/h3-7,12,15,18-19H,2,8-11H2,1H3/b16-14+. The minimum atomic E-state index is -0.452. The molecule has 104 valence electrons. The maximum Gasteiger partial charge on any atom is 0.0916 e. The monoisotopic (exact) mass is 262 g/mol. The molecule has 1 aromatic carbocycles. The van der Waals surface area contributed by atoms with Gasteiger partial charge in [-0.1, -0.05) is 42.4 Å². The topological polar surface area (TPSA) is 56.1 Å². The first-order chi connectivity index (χ1) is 9.24. The second-order valence-electron chi connectivity index (χ2n) is 5.13. The Labute approximate surface area is 114 Å². The zero-order valence-electron chi connectivity index (χ0n) is 11.4. The lowest BCUT2D eigenvalue weighted by Gasteiger charge is -2.34. The highest BCUT2D eigenvalue weighted by atomic mass is 16.4. The van der Waals surface area contributed by atoms with E-state index < -0.39 is 6.10 Å². The number of oxime groups is 1. The van der Waals surface area contributed by atoms with E-state index in [4.69, 9.17) is 5.21 Å². The molecule has 0 bridgehead atoms. The van der Waals surface area contributed by atoms with E-state index in [0.717, 1.165) is 37.2 Å². The van der Waals surface area contributed by atoms with Crippen LogP contribution in [-0.2, 0) is 0 Å². The summed E-state index contributed by atoms with van der Waals surface area (Å²) >= 11 is 0. The molecule has 2 N–H and O–H groups in total. The third-order valence-electron chi connectivity index (χ3n) is 3.87. The van der Waals surface area contributed by atoms with E-state index in [1.807, 2.05) is 30.3 Å². The Morgan fingerprint density at radius 3 is 2.74 bits per heavy atom. The molecule has 1 fully saturated rings. The van der Waals surface area contributed by atoms with Gasteiger partial charge in [0.05, 0.1) is 11.8 Å². The molecule has 0 amide bonds. The molecule has 0 radical (unpaired) electrons. The Hall–Kier alpha value is -1.39. The summed E-state index contributed by atoms with van der Waals surface area (Å²) in [6, 6.07) is 9.74. The van der Waals surface area contributed by atoms with Crippen LogP contribution in [0.3, 0.4) is 0 Å². The molecule has 19 heavy (non-hydrogen) atoms. The van der Waals surface area contributed by atoms with Gasteiger partial charge in [0, 0.05) is 32.0 Å². The van der Waals surface area contributed by atoms with Crippen LogP contribution in [0, 0.1) is 5.92 Å². The highest BCUT2D eigenvalue weighted by Crippen LogP contribution is 2.21. The summed E-state index contributed by atoms with van der Waals surface area (Å²) in [6.45, 7) is 4.45. The van der Waals surface area contributed by atoms with Crippen LogP contribution in [0.5, 0.6) is 0 Å². The molecule has 1 aliphatic rings. The van der Waals surface area contributed by atoms with E-state index in [-0.39, 0.29) is 0 Å². The first kappa shape index (κ1) is 14.0. The Morgan fingerprint density at radius 1 is 1.37 bits per heavy atom. The van der Waals surface area contributed by atoms with Crippen molar-refractivity contribution < 1.29 is 10.3 Å². The van der Waals surface area contributed by atoms with Crippen LogP contribution in [0.2, 0.25) is 0 Å². The van der Waals surface area contributed by atoms with Gasteiger partial charge in [-0.05, 0) is 12.0 Å². The van der Waals surface area contributed by atoms with Gasteiger partial charge in [-0.15, -0.1) is 0 Å². The predicted octanol–water partition coefficient (Wildman–Crippen LogP) is 2.28. The lowest BCUT2D eigenvalue weighted by Crippen LogP contribution is -2.42. The van der Waals surface area contributed by atoms with E-state index in [9.17, 15) is 5.11 Å². The van der Waals surface area contributed by atoms with Crippen molar-refractivity contribution in [3.63, 3.8) is 0 Å². The number of hydrogen-bond acceptors (Lipinski definition) is 4. The number of nitrogens with zero attached hydrogens (tertiary/aromatic N) is 2. The van der Waals surface area contributed by atoms with E-state index in [1.54, 1.807) is 0 Å². The quantitative estimate of drug-likeness (QED) is 0.646. The highest BCUT2D eigenvalue weighted by molar-refractivity contribution is 5.87. The molecular formula is C15H22N2O2. The van der Waals surface area contributed by atoms with Gasteiger partial charge >= 0.3 is 0 Å². The number of aliphatic hydroxyl groups is 1. The average Bonchev–Trinajstić information content (AvgIpc) is 2.48. The number of benzene rings is 1. The van der Waals surface area contributed by atoms with Gasteiger partial charge in [0.2, 0.25) is 0 Å². The van der Waals surface area contributed by atoms with Gasteiger partial charge in [0.25, 0.3) is 0 Å². The predicted molar refractivity (Wildman–Crippen MR) is 75.5 cm³/mol. The van der Waals surface area contributed by atoms with E-state index in [1.165, 1.54) is 0 Å². The molecule has 2 unspecified atom stereocenters. The van der Waals surface area contributed by atoms with Crippen molar-refractivity contribution in [1.82, 2.24) is 4.90 Å². The SMILES string of the molecule is CCC1CN(CC(O)c2ccccc2)CC/C1=N\O. The third-order valence-corrected chi connectivity index (χ3v) is 3.87. The Kier molecular flexibility index (Phi) is 4.93. The van der Waals surface area contributed by atoms with E-state index >= 15 is 0 Å². The first-order valence-corrected chi connectivity index (χ1v) is 6.90. The first-order valence-electron chi connectivity index (χ1n) is 6.90. The molecule has 4 nitrogen and oxygen atoms in total. The summed E-state index contributed by atoms with van der Waals surface area (Å²) in [5.41, 5.74) is 1.85. The van der Waals surface area contributed by atoms with Gasteiger partial charge in [0.1, 0.15) is 0 Å². The van der Waals surface area contributed by atoms with Gasteiger partial charge in [-0.3, -0.25) is 4.90 Å². The summed E-state index contributed by atoms with van der Waals surface area (Å²) in [7, 11) is 0. The van der Waals surface area contributed by atoms with Crippen molar-refractivity contribution in [2.45, 2.75) is 25.9 Å². The summed E-state index contributed by atoms with van der Waals surface area (Å²) in [5.74, 6) is 0.307. The molecule has 0 saturated carbocycles. The van der Waals surface area contributed by atoms with Crippen LogP contribution in [0.25, 0.3) is 0 Å². The van der Waals surface area contributed by atoms with Crippen LogP contribution < -0.4 is 0 Å². The minimum absolute atomic E-state index is 0.307. The van der Waals surface area contributed by atoms with Gasteiger partial charge < -0.3 is 10.3 Å². The summed E-state index contributed by atoms with van der Waals surface area (Å²) in [6.07, 6.45) is 1.31. The second-order valence-corrected chi connectivity index (χ2v) is 5.13. The molecule has 2 atom stereocenters. The molecule has 0 spiro atoms. The number of hydrogen-bond donors (Lipinski definition) is 2.